The van der Waals surface area contributed by atoms with Gasteiger partial charge in [-0.2, -0.15) is 0 Å². The first-order valence-corrected chi connectivity index (χ1v) is 7.04. The van der Waals surface area contributed by atoms with Gasteiger partial charge in [-0.3, -0.25) is 0 Å². The van der Waals surface area contributed by atoms with E-state index in [1.807, 2.05) is 0 Å². The predicted octanol–water partition coefficient (Wildman–Crippen LogP) is 3.74. The molecule has 0 radical (unpaired) electrons. The summed E-state index contributed by atoms with van der Waals surface area (Å²) >= 11 is 1.21. The molecule has 1 N–H and O–H groups in total. The third kappa shape index (κ3) is 4.28. The van der Waals surface area contributed by atoms with Crippen molar-refractivity contribution in [2.75, 3.05) is 6.61 Å². The molecule has 2 aromatic rings. The van der Waals surface area contributed by atoms with Crippen LogP contribution in [0.2, 0.25) is 0 Å². The minimum atomic E-state index is -0.921. The van der Waals surface area contributed by atoms with Gasteiger partial charge in [-0.15, -0.1) is 11.8 Å². The summed E-state index contributed by atoms with van der Waals surface area (Å²) in [4.78, 5) is 0.525. The quantitative estimate of drug-likeness (QED) is 0.688. The van der Waals surface area contributed by atoms with Gasteiger partial charge >= 0.3 is 0 Å². The lowest BCUT2D eigenvalue weighted by molar-refractivity contribution is 0.350. The summed E-state index contributed by atoms with van der Waals surface area (Å²) in [5.74, 6) is 3.10. The molecule has 0 saturated heterocycles. The van der Waals surface area contributed by atoms with Crippen molar-refractivity contribution in [2.45, 2.75) is 10.6 Å². The fourth-order valence-electron chi connectivity index (χ4n) is 1.61. The maximum Gasteiger partial charge on any atom is 0.159 e. The highest BCUT2D eigenvalue weighted by Gasteiger charge is 2.06. The molecule has 0 atom stereocenters. The molecule has 0 aliphatic carbocycles. The van der Waals surface area contributed by atoms with Gasteiger partial charge in [0.25, 0.3) is 0 Å². The van der Waals surface area contributed by atoms with Gasteiger partial charge in [-0.25, -0.2) is 13.2 Å². The Morgan fingerprint density at radius 2 is 1.76 bits per heavy atom. The summed E-state index contributed by atoms with van der Waals surface area (Å²) in [5, 5.41) is 8.58. The van der Waals surface area contributed by atoms with Crippen LogP contribution in [0.3, 0.4) is 0 Å². The largest absolute Gasteiger partial charge is 0.384 e. The van der Waals surface area contributed by atoms with Gasteiger partial charge in [0.05, 0.1) is 0 Å². The Morgan fingerprint density at radius 3 is 2.43 bits per heavy atom. The van der Waals surface area contributed by atoms with Gasteiger partial charge in [0.1, 0.15) is 12.4 Å². The van der Waals surface area contributed by atoms with Gasteiger partial charge in [0.15, 0.2) is 11.6 Å². The molecule has 0 saturated carbocycles. The van der Waals surface area contributed by atoms with Crippen molar-refractivity contribution in [3.63, 3.8) is 0 Å². The number of aliphatic hydroxyl groups excluding tert-OH is 1. The summed E-state index contributed by atoms with van der Waals surface area (Å²) in [7, 11) is 0. The van der Waals surface area contributed by atoms with Gasteiger partial charge in [0, 0.05) is 16.2 Å². The van der Waals surface area contributed by atoms with E-state index in [9.17, 15) is 13.2 Å². The Balaban J connectivity index is 2.07. The molecule has 108 valence electrons. The molecule has 0 amide bonds. The first kappa shape index (κ1) is 15.5. The maximum atomic E-state index is 13.8. The number of thioether (sulfide) groups is 1. The first-order chi connectivity index (χ1) is 10.1. The second kappa shape index (κ2) is 7.21. The smallest absolute Gasteiger partial charge is 0.159 e. The maximum absolute atomic E-state index is 13.8. The highest BCUT2D eigenvalue weighted by Crippen LogP contribution is 2.25. The third-order valence-electron chi connectivity index (χ3n) is 2.65. The number of aliphatic hydroxyl groups is 1. The van der Waals surface area contributed by atoms with Crippen LogP contribution in [-0.2, 0) is 5.75 Å². The number of rotatable bonds is 3. The Hall–Kier alpha value is -1.90. The lowest BCUT2D eigenvalue weighted by atomic mass is 10.1. The molecule has 1 nitrogen and oxygen atoms in total. The lowest BCUT2D eigenvalue weighted by Gasteiger charge is -2.04. The summed E-state index contributed by atoms with van der Waals surface area (Å²) in [6, 6.07) is 8.09. The molecule has 0 aromatic heterocycles. The Labute approximate surface area is 124 Å². The van der Waals surface area contributed by atoms with Crippen LogP contribution < -0.4 is 0 Å². The Morgan fingerprint density at radius 1 is 0.952 bits per heavy atom. The van der Waals surface area contributed by atoms with Crippen molar-refractivity contribution in [1.82, 2.24) is 0 Å². The van der Waals surface area contributed by atoms with Crippen molar-refractivity contribution in [3.05, 3.63) is 65.0 Å². The normalized spacial score (nSPS) is 10.1. The molecule has 0 heterocycles. The average molecular weight is 308 g/mol. The molecule has 5 heteroatoms. The second-order valence-corrected chi connectivity index (χ2v) is 5.18. The Kier molecular flexibility index (Phi) is 5.32. The van der Waals surface area contributed by atoms with Crippen LogP contribution in [0, 0.1) is 29.3 Å². The zero-order chi connectivity index (χ0) is 15.2. The molecule has 0 fully saturated rings. The molecular weight excluding hydrogens is 297 g/mol. The zero-order valence-corrected chi connectivity index (χ0v) is 11.7. The van der Waals surface area contributed by atoms with E-state index in [2.05, 4.69) is 11.8 Å². The molecule has 0 aliphatic rings. The summed E-state index contributed by atoms with van der Waals surface area (Å²) in [6.07, 6.45) is 0. The van der Waals surface area contributed by atoms with E-state index in [1.165, 1.54) is 23.9 Å². The molecule has 0 spiro atoms. The number of halogens is 3. The van der Waals surface area contributed by atoms with Crippen molar-refractivity contribution in [3.8, 4) is 11.8 Å². The van der Waals surface area contributed by atoms with Crippen molar-refractivity contribution in [2.24, 2.45) is 0 Å². The molecular formula is C16H11F3OS. The van der Waals surface area contributed by atoms with Crippen LogP contribution in [0.4, 0.5) is 13.2 Å². The van der Waals surface area contributed by atoms with Crippen LogP contribution in [-0.4, -0.2) is 11.7 Å². The summed E-state index contributed by atoms with van der Waals surface area (Å²) in [6.45, 7) is -0.282. The molecule has 0 unspecified atom stereocenters. The standard InChI is InChI=1S/C16H11F3OS/c17-14-6-5-13(9-16(14)19)21-10-12-4-3-11(2-1-7-20)8-15(12)18/h3-6,8-9,20H,7,10H2. The van der Waals surface area contributed by atoms with Crippen LogP contribution in [0.25, 0.3) is 0 Å². The molecule has 2 rings (SSSR count). The van der Waals surface area contributed by atoms with E-state index in [0.717, 1.165) is 12.1 Å². The van der Waals surface area contributed by atoms with E-state index in [0.29, 0.717) is 21.8 Å². The second-order valence-electron chi connectivity index (χ2n) is 4.13. The van der Waals surface area contributed by atoms with Gasteiger partial charge in [-0.1, -0.05) is 17.9 Å². The summed E-state index contributed by atoms with van der Waals surface area (Å²) < 4.78 is 39.7. The molecule has 0 bridgehead atoms. The van der Waals surface area contributed by atoms with E-state index < -0.39 is 17.5 Å². The number of benzene rings is 2. The fraction of sp³-hybridized carbons (Fsp3) is 0.125. The zero-order valence-electron chi connectivity index (χ0n) is 10.9. The van der Waals surface area contributed by atoms with Crippen molar-refractivity contribution in [1.29, 1.82) is 0 Å². The first-order valence-electron chi connectivity index (χ1n) is 6.06. The highest BCUT2D eigenvalue weighted by atomic mass is 32.2. The highest BCUT2D eigenvalue weighted by molar-refractivity contribution is 7.98. The van der Waals surface area contributed by atoms with Crippen LogP contribution in [0.1, 0.15) is 11.1 Å². The van der Waals surface area contributed by atoms with Crippen molar-refractivity contribution >= 4 is 11.8 Å². The predicted molar refractivity (Wildman–Crippen MR) is 76.3 cm³/mol. The average Bonchev–Trinajstić information content (AvgIpc) is 2.47. The minimum absolute atomic E-state index is 0.282. The topological polar surface area (TPSA) is 20.2 Å². The Bertz CT molecular complexity index is 704. The van der Waals surface area contributed by atoms with Crippen LogP contribution in [0.5, 0.6) is 0 Å². The fourth-order valence-corrected chi connectivity index (χ4v) is 2.52. The van der Waals surface area contributed by atoms with E-state index in [-0.39, 0.29) is 6.61 Å². The minimum Gasteiger partial charge on any atom is -0.384 e. The van der Waals surface area contributed by atoms with Crippen LogP contribution in [0.15, 0.2) is 41.3 Å². The number of hydrogen-bond acceptors (Lipinski definition) is 2. The molecule has 2 aromatic carbocycles. The summed E-state index contributed by atoms with van der Waals surface area (Å²) in [5.41, 5.74) is 0.919. The van der Waals surface area contributed by atoms with Gasteiger partial charge in [0.2, 0.25) is 0 Å². The molecule has 0 aliphatic heterocycles. The van der Waals surface area contributed by atoms with Crippen LogP contribution >= 0.6 is 11.8 Å². The van der Waals surface area contributed by atoms with Gasteiger partial charge in [-0.05, 0) is 35.9 Å². The third-order valence-corrected chi connectivity index (χ3v) is 3.69. The van der Waals surface area contributed by atoms with E-state index in [1.54, 1.807) is 12.1 Å². The molecule has 21 heavy (non-hydrogen) atoms. The van der Waals surface area contributed by atoms with Crippen molar-refractivity contribution < 1.29 is 18.3 Å². The lowest BCUT2D eigenvalue weighted by Crippen LogP contribution is -1.90. The van der Waals surface area contributed by atoms with E-state index >= 15 is 0 Å². The number of hydrogen-bond donors (Lipinski definition) is 1. The monoisotopic (exact) mass is 308 g/mol. The van der Waals surface area contributed by atoms with E-state index in [4.69, 9.17) is 5.11 Å². The SMILES string of the molecule is OCC#Cc1ccc(CSc2ccc(F)c(F)c2)c(F)c1. The van der Waals surface area contributed by atoms with Gasteiger partial charge < -0.3 is 5.11 Å².